The van der Waals surface area contributed by atoms with Crippen LogP contribution in [0.4, 0.5) is 4.39 Å². The molecule has 0 radical (unpaired) electrons. The summed E-state index contributed by atoms with van der Waals surface area (Å²) in [5.41, 5.74) is 2.61. The first kappa shape index (κ1) is 13.6. The molecule has 0 aliphatic heterocycles. The van der Waals surface area contributed by atoms with Crippen molar-refractivity contribution in [3.8, 4) is 0 Å². The lowest BCUT2D eigenvalue weighted by Gasteiger charge is -2.12. The van der Waals surface area contributed by atoms with Gasteiger partial charge in [0, 0.05) is 25.0 Å². The Kier molecular flexibility index (Phi) is 4.60. The van der Waals surface area contributed by atoms with Gasteiger partial charge in [0.25, 0.3) is 0 Å². The van der Waals surface area contributed by atoms with E-state index in [1.165, 1.54) is 12.1 Å². The van der Waals surface area contributed by atoms with Crippen molar-refractivity contribution in [2.24, 2.45) is 0 Å². The number of pyridine rings is 1. The van der Waals surface area contributed by atoms with Crippen molar-refractivity contribution >= 4 is 0 Å². The number of nitrogens with one attached hydrogen (secondary N) is 1. The van der Waals surface area contributed by atoms with Gasteiger partial charge in [-0.3, -0.25) is 4.98 Å². The zero-order valence-corrected chi connectivity index (χ0v) is 10.8. The average Bonchev–Trinajstić information content (AvgIpc) is 2.41. The SMILES string of the molecule is Cc1ccc(CNCC(O)c2cccc(F)c2)cn1. The number of aliphatic hydroxyl groups is 1. The maximum Gasteiger partial charge on any atom is 0.123 e. The van der Waals surface area contributed by atoms with Gasteiger partial charge in [0.15, 0.2) is 0 Å². The molecule has 3 nitrogen and oxygen atoms in total. The highest BCUT2D eigenvalue weighted by molar-refractivity contribution is 5.19. The molecule has 0 amide bonds. The van der Waals surface area contributed by atoms with E-state index >= 15 is 0 Å². The van der Waals surface area contributed by atoms with E-state index in [0.29, 0.717) is 18.7 Å². The largest absolute Gasteiger partial charge is 0.387 e. The lowest BCUT2D eigenvalue weighted by Crippen LogP contribution is -2.21. The van der Waals surface area contributed by atoms with E-state index in [4.69, 9.17) is 0 Å². The van der Waals surface area contributed by atoms with Crippen LogP contribution in [0.1, 0.15) is 22.9 Å². The molecule has 4 heteroatoms. The second kappa shape index (κ2) is 6.41. The van der Waals surface area contributed by atoms with Crippen molar-refractivity contribution in [1.29, 1.82) is 0 Å². The van der Waals surface area contributed by atoms with E-state index < -0.39 is 6.10 Å². The molecule has 1 aromatic carbocycles. The Hall–Kier alpha value is -1.78. The van der Waals surface area contributed by atoms with E-state index in [0.717, 1.165) is 11.3 Å². The van der Waals surface area contributed by atoms with Gasteiger partial charge in [-0.2, -0.15) is 0 Å². The quantitative estimate of drug-likeness (QED) is 0.867. The fourth-order valence-corrected chi connectivity index (χ4v) is 1.79. The highest BCUT2D eigenvalue weighted by Gasteiger charge is 2.07. The van der Waals surface area contributed by atoms with Crippen molar-refractivity contribution in [3.05, 3.63) is 65.2 Å². The summed E-state index contributed by atoms with van der Waals surface area (Å²) in [4.78, 5) is 4.19. The van der Waals surface area contributed by atoms with Crippen LogP contribution in [0.25, 0.3) is 0 Å². The van der Waals surface area contributed by atoms with E-state index in [-0.39, 0.29) is 5.82 Å². The molecule has 0 bridgehead atoms. The lowest BCUT2D eigenvalue weighted by atomic mass is 10.1. The van der Waals surface area contributed by atoms with Crippen molar-refractivity contribution in [2.45, 2.75) is 19.6 Å². The maximum atomic E-state index is 13.0. The Bertz CT molecular complexity index is 528. The second-order valence-electron chi connectivity index (χ2n) is 4.51. The lowest BCUT2D eigenvalue weighted by molar-refractivity contribution is 0.174. The molecule has 19 heavy (non-hydrogen) atoms. The molecular weight excluding hydrogens is 243 g/mol. The van der Waals surface area contributed by atoms with Crippen LogP contribution in [0.2, 0.25) is 0 Å². The molecule has 0 saturated heterocycles. The van der Waals surface area contributed by atoms with Gasteiger partial charge in [0.1, 0.15) is 5.82 Å². The Labute approximate surface area is 112 Å². The Morgan fingerprint density at radius 3 is 2.84 bits per heavy atom. The highest BCUT2D eigenvalue weighted by Crippen LogP contribution is 2.13. The molecule has 2 rings (SSSR count). The number of hydrogen-bond donors (Lipinski definition) is 2. The Morgan fingerprint density at radius 1 is 1.32 bits per heavy atom. The van der Waals surface area contributed by atoms with Crippen molar-refractivity contribution in [3.63, 3.8) is 0 Å². The molecule has 0 fully saturated rings. The summed E-state index contributed by atoms with van der Waals surface area (Å²) in [5.74, 6) is -0.334. The fourth-order valence-electron chi connectivity index (χ4n) is 1.79. The van der Waals surface area contributed by atoms with Gasteiger partial charge in [-0.15, -0.1) is 0 Å². The molecule has 0 spiro atoms. The Balaban J connectivity index is 1.84. The maximum absolute atomic E-state index is 13.0. The molecule has 2 aromatic rings. The van der Waals surface area contributed by atoms with Crippen LogP contribution in [-0.2, 0) is 6.54 Å². The summed E-state index contributed by atoms with van der Waals surface area (Å²) in [6.07, 6.45) is 1.09. The molecular formula is C15H17FN2O. The summed E-state index contributed by atoms with van der Waals surface area (Å²) >= 11 is 0. The number of aromatic nitrogens is 1. The number of nitrogens with zero attached hydrogens (tertiary/aromatic N) is 1. The normalized spacial score (nSPS) is 12.4. The van der Waals surface area contributed by atoms with Crippen LogP contribution in [0.5, 0.6) is 0 Å². The summed E-state index contributed by atoms with van der Waals surface area (Å²) < 4.78 is 13.0. The molecule has 1 unspecified atom stereocenters. The number of aryl methyl sites for hydroxylation is 1. The summed E-state index contributed by atoms with van der Waals surface area (Å²) in [6.45, 7) is 2.93. The minimum absolute atomic E-state index is 0.334. The van der Waals surface area contributed by atoms with Crippen LogP contribution in [-0.4, -0.2) is 16.6 Å². The molecule has 0 aliphatic rings. The zero-order chi connectivity index (χ0) is 13.7. The van der Waals surface area contributed by atoms with E-state index in [2.05, 4.69) is 10.3 Å². The minimum Gasteiger partial charge on any atom is -0.387 e. The third kappa shape index (κ3) is 4.12. The number of benzene rings is 1. The van der Waals surface area contributed by atoms with E-state index in [1.54, 1.807) is 18.3 Å². The molecule has 1 heterocycles. The fraction of sp³-hybridized carbons (Fsp3) is 0.267. The second-order valence-corrected chi connectivity index (χ2v) is 4.51. The third-order valence-electron chi connectivity index (χ3n) is 2.87. The minimum atomic E-state index is -0.714. The first-order chi connectivity index (χ1) is 9.15. The van der Waals surface area contributed by atoms with Crippen molar-refractivity contribution in [1.82, 2.24) is 10.3 Å². The van der Waals surface area contributed by atoms with Gasteiger partial charge in [0.2, 0.25) is 0 Å². The van der Waals surface area contributed by atoms with Crippen LogP contribution < -0.4 is 5.32 Å². The summed E-state index contributed by atoms with van der Waals surface area (Å²) in [7, 11) is 0. The smallest absolute Gasteiger partial charge is 0.123 e. The van der Waals surface area contributed by atoms with Crippen LogP contribution in [0, 0.1) is 12.7 Å². The van der Waals surface area contributed by atoms with Crippen LogP contribution in [0.3, 0.4) is 0 Å². The number of halogens is 1. The van der Waals surface area contributed by atoms with E-state index in [1.807, 2.05) is 19.1 Å². The molecule has 1 aromatic heterocycles. The van der Waals surface area contributed by atoms with Crippen molar-refractivity contribution < 1.29 is 9.50 Å². The number of aliphatic hydroxyl groups excluding tert-OH is 1. The standard InChI is InChI=1S/C15H17FN2O/c1-11-5-6-12(9-18-11)8-17-10-15(19)13-3-2-4-14(16)7-13/h2-7,9,15,17,19H,8,10H2,1H3. The van der Waals surface area contributed by atoms with Crippen LogP contribution in [0.15, 0.2) is 42.6 Å². The topological polar surface area (TPSA) is 45.1 Å². The van der Waals surface area contributed by atoms with Gasteiger partial charge in [0.05, 0.1) is 6.10 Å². The highest BCUT2D eigenvalue weighted by atomic mass is 19.1. The number of hydrogen-bond acceptors (Lipinski definition) is 3. The van der Waals surface area contributed by atoms with Crippen LogP contribution >= 0.6 is 0 Å². The molecule has 100 valence electrons. The predicted molar refractivity (Wildman–Crippen MR) is 72.0 cm³/mol. The third-order valence-corrected chi connectivity index (χ3v) is 2.87. The Morgan fingerprint density at radius 2 is 2.16 bits per heavy atom. The first-order valence-corrected chi connectivity index (χ1v) is 6.21. The molecule has 2 N–H and O–H groups in total. The molecule has 1 atom stereocenters. The zero-order valence-electron chi connectivity index (χ0n) is 10.8. The number of rotatable bonds is 5. The van der Waals surface area contributed by atoms with Gasteiger partial charge in [-0.05, 0) is 36.2 Å². The average molecular weight is 260 g/mol. The van der Waals surface area contributed by atoms with Gasteiger partial charge in [-0.25, -0.2) is 4.39 Å². The summed E-state index contributed by atoms with van der Waals surface area (Å²) in [5, 5.41) is 13.0. The van der Waals surface area contributed by atoms with Gasteiger partial charge >= 0.3 is 0 Å². The predicted octanol–water partition coefficient (Wildman–Crippen LogP) is 2.35. The molecule has 0 aliphatic carbocycles. The van der Waals surface area contributed by atoms with Gasteiger partial charge in [-0.1, -0.05) is 18.2 Å². The van der Waals surface area contributed by atoms with Crippen molar-refractivity contribution in [2.75, 3.05) is 6.54 Å². The van der Waals surface area contributed by atoms with E-state index in [9.17, 15) is 9.50 Å². The first-order valence-electron chi connectivity index (χ1n) is 6.21. The van der Waals surface area contributed by atoms with Gasteiger partial charge < -0.3 is 10.4 Å². The monoisotopic (exact) mass is 260 g/mol. The molecule has 0 saturated carbocycles. The summed E-state index contributed by atoms with van der Waals surface area (Å²) in [6, 6.07) is 9.95.